The van der Waals surface area contributed by atoms with Crippen LogP contribution in [0.3, 0.4) is 0 Å². The lowest BCUT2D eigenvalue weighted by Crippen LogP contribution is -2.27. The van der Waals surface area contributed by atoms with E-state index in [4.69, 9.17) is 16.3 Å². The summed E-state index contributed by atoms with van der Waals surface area (Å²) in [4.78, 5) is 14.0. The second-order valence-electron chi connectivity index (χ2n) is 5.33. The van der Waals surface area contributed by atoms with Gasteiger partial charge in [-0.05, 0) is 36.9 Å². The third kappa shape index (κ3) is 4.31. The van der Waals surface area contributed by atoms with E-state index < -0.39 is 10.0 Å². The summed E-state index contributed by atoms with van der Waals surface area (Å²) in [5.41, 5.74) is 1.04. The first-order valence-corrected chi connectivity index (χ1v) is 9.26. The van der Waals surface area contributed by atoms with E-state index in [1.54, 1.807) is 13.1 Å². The molecule has 0 bridgehead atoms. The lowest BCUT2D eigenvalue weighted by molar-refractivity contribution is 0.0785. The molecule has 1 N–H and O–H groups in total. The highest BCUT2D eigenvalue weighted by Crippen LogP contribution is 2.25. The molecule has 0 unspecified atom stereocenters. The topological polar surface area (TPSA) is 75.7 Å². The number of amides is 1. The predicted molar refractivity (Wildman–Crippen MR) is 96.5 cm³/mol. The van der Waals surface area contributed by atoms with Crippen molar-refractivity contribution in [1.82, 2.24) is 9.62 Å². The molecule has 0 fully saturated rings. The van der Waals surface area contributed by atoms with E-state index in [-0.39, 0.29) is 22.1 Å². The molecule has 0 aliphatic carbocycles. The molecule has 2 rings (SSSR count). The number of halogens is 1. The van der Waals surface area contributed by atoms with Crippen molar-refractivity contribution in [2.24, 2.45) is 0 Å². The van der Waals surface area contributed by atoms with Crippen molar-refractivity contribution >= 4 is 27.5 Å². The number of methoxy groups -OCH3 is 1. The van der Waals surface area contributed by atoms with Crippen LogP contribution in [-0.4, -0.2) is 40.4 Å². The van der Waals surface area contributed by atoms with E-state index in [9.17, 15) is 13.2 Å². The van der Waals surface area contributed by atoms with Crippen molar-refractivity contribution in [3.8, 4) is 5.75 Å². The average Bonchev–Trinajstić information content (AvgIpc) is 2.62. The van der Waals surface area contributed by atoms with Crippen LogP contribution in [0.2, 0.25) is 5.02 Å². The molecule has 1 amide bonds. The molecule has 25 heavy (non-hydrogen) atoms. The van der Waals surface area contributed by atoms with Crippen molar-refractivity contribution in [2.75, 3.05) is 21.2 Å². The van der Waals surface area contributed by atoms with Gasteiger partial charge in [-0.25, -0.2) is 13.1 Å². The lowest BCUT2D eigenvalue weighted by atomic mass is 10.1. The summed E-state index contributed by atoms with van der Waals surface area (Å²) in [5.74, 6) is -0.158. The van der Waals surface area contributed by atoms with Crippen molar-refractivity contribution in [1.29, 1.82) is 0 Å². The molecule has 0 spiro atoms. The number of ether oxygens (including phenoxy) is 1. The minimum Gasteiger partial charge on any atom is -0.495 e. The van der Waals surface area contributed by atoms with E-state index in [1.165, 1.54) is 37.3 Å². The molecular weight excluding hydrogens is 364 g/mol. The second-order valence-corrected chi connectivity index (χ2v) is 7.59. The Morgan fingerprint density at radius 2 is 1.92 bits per heavy atom. The molecule has 0 radical (unpaired) electrons. The van der Waals surface area contributed by atoms with Crippen LogP contribution in [-0.2, 0) is 16.6 Å². The Morgan fingerprint density at radius 3 is 2.52 bits per heavy atom. The van der Waals surface area contributed by atoms with Gasteiger partial charge in [0, 0.05) is 24.2 Å². The zero-order valence-corrected chi connectivity index (χ0v) is 15.7. The highest BCUT2D eigenvalue weighted by molar-refractivity contribution is 7.89. The Morgan fingerprint density at radius 1 is 1.24 bits per heavy atom. The summed E-state index contributed by atoms with van der Waals surface area (Å²) in [6.45, 7) is 0.304. The van der Waals surface area contributed by atoms with Crippen molar-refractivity contribution in [3.05, 3.63) is 58.6 Å². The molecule has 0 saturated carbocycles. The molecular formula is C17H19ClN2O4S. The van der Waals surface area contributed by atoms with E-state index in [0.29, 0.717) is 11.6 Å². The number of nitrogens with zero attached hydrogens (tertiary/aromatic N) is 1. The largest absolute Gasteiger partial charge is 0.495 e. The van der Waals surface area contributed by atoms with Gasteiger partial charge in [0.05, 0.1) is 7.11 Å². The number of hydrogen-bond acceptors (Lipinski definition) is 4. The van der Waals surface area contributed by atoms with Gasteiger partial charge in [-0.3, -0.25) is 4.79 Å². The third-order valence-corrected chi connectivity index (χ3v) is 5.49. The fourth-order valence-corrected chi connectivity index (χ4v) is 3.42. The van der Waals surface area contributed by atoms with Crippen LogP contribution in [0.1, 0.15) is 15.9 Å². The Labute approximate surface area is 152 Å². The van der Waals surface area contributed by atoms with Gasteiger partial charge in [-0.2, -0.15) is 0 Å². The maximum atomic E-state index is 12.7. The van der Waals surface area contributed by atoms with Gasteiger partial charge in [0.25, 0.3) is 5.91 Å². The maximum absolute atomic E-state index is 12.7. The van der Waals surface area contributed by atoms with Gasteiger partial charge in [0.1, 0.15) is 10.6 Å². The summed E-state index contributed by atoms with van der Waals surface area (Å²) in [6, 6.07) is 11.5. The van der Waals surface area contributed by atoms with Gasteiger partial charge in [-0.1, -0.05) is 29.8 Å². The van der Waals surface area contributed by atoms with Gasteiger partial charge in [-0.15, -0.1) is 0 Å². The Kier molecular flexibility index (Phi) is 6.05. The van der Waals surface area contributed by atoms with Crippen molar-refractivity contribution < 1.29 is 17.9 Å². The molecule has 134 valence electrons. The number of sulfonamides is 1. The molecule has 2 aromatic carbocycles. The highest BCUT2D eigenvalue weighted by atomic mass is 35.5. The standard InChI is InChI=1S/C17H19ClN2O4S/c1-19-25(22,23)16-10-12(8-9-15(16)24-3)17(21)20(2)11-13-6-4-5-7-14(13)18/h4-10,19H,11H2,1-3H3. The lowest BCUT2D eigenvalue weighted by Gasteiger charge is -2.19. The first-order chi connectivity index (χ1) is 11.8. The first-order valence-electron chi connectivity index (χ1n) is 7.40. The minimum atomic E-state index is -3.76. The Balaban J connectivity index is 2.33. The molecule has 0 aliphatic rings. The molecule has 6 nitrogen and oxygen atoms in total. The van der Waals surface area contributed by atoms with Crippen LogP contribution in [0.25, 0.3) is 0 Å². The summed E-state index contributed by atoms with van der Waals surface area (Å²) < 4.78 is 31.6. The number of nitrogens with one attached hydrogen (secondary N) is 1. The quantitative estimate of drug-likeness (QED) is 0.833. The highest BCUT2D eigenvalue weighted by Gasteiger charge is 2.21. The Hall–Kier alpha value is -2.09. The number of benzene rings is 2. The first kappa shape index (κ1) is 19.2. The molecule has 8 heteroatoms. The molecule has 0 saturated heterocycles. The van der Waals surface area contributed by atoms with Crippen LogP contribution in [0, 0.1) is 0 Å². The zero-order valence-electron chi connectivity index (χ0n) is 14.1. The number of carbonyl (C=O) groups excluding carboxylic acids is 1. The minimum absolute atomic E-state index is 0.0884. The summed E-state index contributed by atoms with van der Waals surface area (Å²) in [7, 11) is 0.540. The van der Waals surface area contributed by atoms with E-state index >= 15 is 0 Å². The molecule has 0 atom stereocenters. The van der Waals surface area contributed by atoms with Crippen LogP contribution >= 0.6 is 11.6 Å². The normalized spacial score (nSPS) is 11.2. The summed E-state index contributed by atoms with van der Waals surface area (Å²) >= 11 is 6.12. The maximum Gasteiger partial charge on any atom is 0.253 e. The molecule has 2 aromatic rings. The van der Waals surface area contributed by atoms with Crippen LogP contribution in [0.5, 0.6) is 5.75 Å². The Bertz CT molecular complexity index is 884. The molecule has 0 heterocycles. The van der Waals surface area contributed by atoms with Crippen LogP contribution < -0.4 is 9.46 Å². The van der Waals surface area contributed by atoms with Crippen LogP contribution in [0.15, 0.2) is 47.4 Å². The van der Waals surface area contributed by atoms with Gasteiger partial charge < -0.3 is 9.64 Å². The molecule has 0 aliphatic heterocycles. The predicted octanol–water partition coefficient (Wildman–Crippen LogP) is 2.53. The second kappa shape index (κ2) is 7.86. The van der Waals surface area contributed by atoms with E-state index in [0.717, 1.165) is 5.56 Å². The number of carbonyl (C=O) groups is 1. The van der Waals surface area contributed by atoms with Crippen molar-refractivity contribution in [3.63, 3.8) is 0 Å². The third-order valence-electron chi connectivity index (χ3n) is 3.68. The fourth-order valence-electron chi connectivity index (χ4n) is 2.30. The summed E-state index contributed by atoms with van der Waals surface area (Å²) in [5, 5.41) is 0.565. The van der Waals surface area contributed by atoms with Crippen molar-refractivity contribution in [2.45, 2.75) is 11.4 Å². The summed E-state index contributed by atoms with van der Waals surface area (Å²) in [6.07, 6.45) is 0. The monoisotopic (exact) mass is 382 g/mol. The average molecular weight is 383 g/mol. The number of hydrogen-bond donors (Lipinski definition) is 1. The van der Waals surface area contributed by atoms with E-state index in [2.05, 4.69) is 4.72 Å². The van der Waals surface area contributed by atoms with Crippen LogP contribution in [0.4, 0.5) is 0 Å². The van der Waals surface area contributed by atoms with Gasteiger partial charge in [0.15, 0.2) is 0 Å². The zero-order chi connectivity index (χ0) is 18.6. The van der Waals surface area contributed by atoms with Gasteiger partial charge in [0.2, 0.25) is 10.0 Å². The van der Waals surface area contributed by atoms with E-state index in [1.807, 2.05) is 18.2 Å². The fraction of sp³-hybridized carbons (Fsp3) is 0.235. The van der Waals surface area contributed by atoms with Gasteiger partial charge >= 0.3 is 0 Å². The SMILES string of the molecule is CNS(=O)(=O)c1cc(C(=O)N(C)Cc2ccccc2Cl)ccc1OC. The smallest absolute Gasteiger partial charge is 0.253 e. The number of rotatable bonds is 6. The molecule has 0 aromatic heterocycles.